The van der Waals surface area contributed by atoms with E-state index in [2.05, 4.69) is 10.3 Å². The predicted molar refractivity (Wildman–Crippen MR) is 101 cm³/mol. The largest absolute Gasteiger partial charge is 0.364 e. The van der Waals surface area contributed by atoms with Gasteiger partial charge >= 0.3 is 0 Å². The zero-order chi connectivity index (χ0) is 20.3. The molecule has 0 spiro atoms. The molecule has 2 amide bonds. The van der Waals surface area contributed by atoms with Gasteiger partial charge in [0.25, 0.3) is 5.91 Å². The van der Waals surface area contributed by atoms with E-state index >= 15 is 0 Å². The summed E-state index contributed by atoms with van der Waals surface area (Å²) in [6, 6.07) is 4.94. The number of aromatic nitrogens is 2. The summed E-state index contributed by atoms with van der Waals surface area (Å²) >= 11 is 0. The smallest absolute Gasteiger partial charge is 0.265 e. The molecule has 3 heterocycles. The molecule has 3 N–H and O–H groups in total. The number of primary amides is 1. The second kappa shape index (κ2) is 8.11. The van der Waals surface area contributed by atoms with Crippen molar-refractivity contribution in [1.82, 2.24) is 19.2 Å². The number of amides is 2. The van der Waals surface area contributed by atoms with Crippen LogP contribution in [0.25, 0.3) is 0 Å². The Balaban J connectivity index is 1.59. The van der Waals surface area contributed by atoms with Gasteiger partial charge in [0.15, 0.2) is 0 Å². The van der Waals surface area contributed by atoms with Gasteiger partial charge in [-0.2, -0.15) is 4.31 Å². The third kappa shape index (κ3) is 4.23. The van der Waals surface area contributed by atoms with E-state index in [1.807, 2.05) is 12.1 Å². The van der Waals surface area contributed by atoms with Crippen LogP contribution in [0.1, 0.15) is 28.9 Å². The number of carbonyl (C=O) groups excluding carboxylic acids is 2. The summed E-state index contributed by atoms with van der Waals surface area (Å²) in [4.78, 5) is 27.7. The van der Waals surface area contributed by atoms with Gasteiger partial charge in [0.05, 0.1) is 0 Å². The van der Waals surface area contributed by atoms with E-state index in [-0.39, 0.29) is 35.5 Å². The first-order valence-corrected chi connectivity index (χ1v) is 10.4. The van der Waals surface area contributed by atoms with Gasteiger partial charge in [0.2, 0.25) is 15.9 Å². The molecular formula is C18H23N5O4S. The first-order chi connectivity index (χ1) is 13.3. The lowest BCUT2D eigenvalue weighted by atomic mass is 9.97. The SMILES string of the molecule is Cn1cc(S(=O)(=O)N2CCC(C(=O)NCc3ccncc3)CC2)cc1C(N)=O. The normalized spacial score (nSPS) is 16.0. The van der Waals surface area contributed by atoms with Crippen molar-refractivity contribution in [1.29, 1.82) is 0 Å². The van der Waals surface area contributed by atoms with Gasteiger partial charge in [-0.1, -0.05) is 0 Å². The van der Waals surface area contributed by atoms with Gasteiger partial charge < -0.3 is 15.6 Å². The van der Waals surface area contributed by atoms with Crippen LogP contribution in [0.15, 0.2) is 41.7 Å². The summed E-state index contributed by atoms with van der Waals surface area (Å²) in [5.41, 5.74) is 6.34. The molecule has 1 fully saturated rings. The van der Waals surface area contributed by atoms with Gasteiger partial charge in [-0.3, -0.25) is 14.6 Å². The fourth-order valence-electron chi connectivity index (χ4n) is 3.26. The molecule has 2 aromatic rings. The highest BCUT2D eigenvalue weighted by Crippen LogP contribution is 2.25. The number of carbonyl (C=O) groups is 2. The Morgan fingerprint density at radius 2 is 1.89 bits per heavy atom. The van der Waals surface area contributed by atoms with Gasteiger partial charge in [-0.15, -0.1) is 0 Å². The number of nitrogens with zero attached hydrogens (tertiary/aromatic N) is 3. The molecule has 0 aliphatic carbocycles. The summed E-state index contributed by atoms with van der Waals surface area (Å²) in [5.74, 6) is -0.997. The Morgan fingerprint density at radius 3 is 2.46 bits per heavy atom. The number of hydrogen-bond donors (Lipinski definition) is 2. The minimum absolute atomic E-state index is 0.0318. The molecule has 150 valence electrons. The molecule has 0 saturated carbocycles. The highest BCUT2D eigenvalue weighted by molar-refractivity contribution is 7.89. The molecule has 10 heteroatoms. The standard InChI is InChI=1S/C18H23N5O4S/c1-22-12-15(10-16(22)17(19)24)28(26,27)23-8-4-14(5-9-23)18(25)21-11-13-2-6-20-7-3-13/h2-3,6-7,10,12,14H,4-5,8-9,11H2,1H3,(H2,19,24)(H,21,25). The Kier molecular flexibility index (Phi) is 5.80. The maximum atomic E-state index is 12.8. The summed E-state index contributed by atoms with van der Waals surface area (Å²) < 4.78 is 28.4. The Bertz CT molecular complexity index is 963. The minimum Gasteiger partial charge on any atom is -0.364 e. The molecule has 0 unspecified atom stereocenters. The lowest BCUT2D eigenvalue weighted by molar-refractivity contribution is -0.126. The lowest BCUT2D eigenvalue weighted by Crippen LogP contribution is -2.42. The lowest BCUT2D eigenvalue weighted by Gasteiger charge is -2.30. The first kappa shape index (κ1) is 20.0. The fourth-order valence-corrected chi connectivity index (χ4v) is 4.80. The average Bonchev–Trinajstić information content (AvgIpc) is 3.10. The Labute approximate surface area is 163 Å². The molecule has 1 aliphatic heterocycles. The van der Waals surface area contributed by atoms with Crippen LogP contribution in [0, 0.1) is 5.92 Å². The van der Waals surface area contributed by atoms with Crippen LogP contribution >= 0.6 is 0 Å². The van der Waals surface area contributed by atoms with E-state index in [4.69, 9.17) is 5.73 Å². The minimum atomic E-state index is -3.74. The van der Waals surface area contributed by atoms with Crippen molar-refractivity contribution in [3.8, 4) is 0 Å². The molecule has 1 saturated heterocycles. The molecule has 0 aromatic carbocycles. The monoisotopic (exact) mass is 405 g/mol. The zero-order valence-corrected chi connectivity index (χ0v) is 16.4. The molecule has 2 aromatic heterocycles. The Hall–Kier alpha value is -2.72. The third-order valence-corrected chi connectivity index (χ3v) is 6.77. The van der Waals surface area contributed by atoms with Crippen molar-refractivity contribution >= 4 is 21.8 Å². The summed E-state index contributed by atoms with van der Waals surface area (Å²) in [6.07, 6.45) is 5.59. The van der Waals surface area contributed by atoms with Crippen LogP contribution in [0.2, 0.25) is 0 Å². The van der Waals surface area contributed by atoms with Gasteiger partial charge in [-0.25, -0.2) is 8.42 Å². The summed E-state index contributed by atoms with van der Waals surface area (Å²) in [6.45, 7) is 0.909. The number of pyridine rings is 1. The fraction of sp³-hybridized carbons (Fsp3) is 0.389. The highest BCUT2D eigenvalue weighted by atomic mass is 32.2. The third-order valence-electron chi connectivity index (χ3n) is 4.91. The molecule has 28 heavy (non-hydrogen) atoms. The average molecular weight is 405 g/mol. The number of nitrogens with one attached hydrogen (secondary N) is 1. The number of nitrogens with two attached hydrogens (primary N) is 1. The van der Waals surface area contributed by atoms with Crippen LogP contribution in [-0.2, 0) is 28.4 Å². The van der Waals surface area contributed by atoms with E-state index in [0.717, 1.165) is 5.56 Å². The summed E-state index contributed by atoms with van der Waals surface area (Å²) in [7, 11) is -2.17. The quantitative estimate of drug-likeness (QED) is 0.711. The molecule has 0 bridgehead atoms. The van der Waals surface area contributed by atoms with Crippen molar-refractivity contribution in [3.05, 3.63) is 48.0 Å². The maximum Gasteiger partial charge on any atom is 0.265 e. The van der Waals surface area contributed by atoms with E-state index in [0.29, 0.717) is 19.4 Å². The summed E-state index contributed by atoms with van der Waals surface area (Å²) in [5, 5.41) is 2.89. The van der Waals surface area contributed by atoms with Crippen molar-refractivity contribution in [2.24, 2.45) is 18.7 Å². The van der Waals surface area contributed by atoms with Crippen molar-refractivity contribution in [3.63, 3.8) is 0 Å². The number of sulfonamides is 1. The van der Waals surface area contributed by atoms with Gasteiger partial charge in [0.1, 0.15) is 10.6 Å². The first-order valence-electron chi connectivity index (χ1n) is 8.92. The number of rotatable bonds is 6. The second-order valence-electron chi connectivity index (χ2n) is 6.79. The van der Waals surface area contributed by atoms with Crippen molar-refractivity contribution in [2.45, 2.75) is 24.3 Å². The van der Waals surface area contributed by atoms with E-state index in [1.165, 1.54) is 21.1 Å². The Morgan fingerprint density at radius 1 is 1.25 bits per heavy atom. The topological polar surface area (TPSA) is 127 Å². The van der Waals surface area contributed by atoms with Gasteiger partial charge in [0, 0.05) is 51.2 Å². The van der Waals surface area contributed by atoms with E-state index in [9.17, 15) is 18.0 Å². The van der Waals surface area contributed by atoms with Crippen molar-refractivity contribution < 1.29 is 18.0 Å². The van der Waals surface area contributed by atoms with Crippen LogP contribution < -0.4 is 11.1 Å². The maximum absolute atomic E-state index is 12.8. The molecule has 1 aliphatic rings. The van der Waals surface area contributed by atoms with E-state index < -0.39 is 15.9 Å². The highest BCUT2D eigenvalue weighted by Gasteiger charge is 2.33. The molecular weight excluding hydrogens is 382 g/mol. The number of aryl methyl sites for hydroxylation is 1. The van der Waals surface area contributed by atoms with Crippen molar-refractivity contribution in [2.75, 3.05) is 13.1 Å². The van der Waals surface area contributed by atoms with Crippen LogP contribution in [0.5, 0.6) is 0 Å². The van der Waals surface area contributed by atoms with Crippen LogP contribution in [0.4, 0.5) is 0 Å². The molecule has 9 nitrogen and oxygen atoms in total. The van der Waals surface area contributed by atoms with Gasteiger partial charge in [-0.05, 0) is 36.6 Å². The predicted octanol–water partition coefficient (Wildman–Crippen LogP) is 0.236. The molecule has 3 rings (SSSR count). The second-order valence-corrected chi connectivity index (χ2v) is 8.73. The van der Waals surface area contributed by atoms with Crippen LogP contribution in [-0.4, -0.2) is 47.2 Å². The number of piperidine rings is 1. The van der Waals surface area contributed by atoms with E-state index in [1.54, 1.807) is 19.4 Å². The number of hydrogen-bond acceptors (Lipinski definition) is 5. The zero-order valence-electron chi connectivity index (χ0n) is 15.5. The molecule has 0 atom stereocenters. The molecule has 0 radical (unpaired) electrons. The van der Waals surface area contributed by atoms with Crippen LogP contribution in [0.3, 0.4) is 0 Å².